The van der Waals surface area contributed by atoms with Crippen LogP contribution in [0.15, 0.2) is 53.6 Å². The molecular formula is C20H24FN3O2S. The Morgan fingerprint density at radius 1 is 1.04 bits per heavy atom. The van der Waals surface area contributed by atoms with Crippen LogP contribution in [0, 0.1) is 5.82 Å². The first kappa shape index (κ1) is 19.5. The Morgan fingerprint density at radius 2 is 1.70 bits per heavy atom. The third kappa shape index (κ3) is 4.20. The van der Waals surface area contributed by atoms with Crippen molar-refractivity contribution in [3.63, 3.8) is 0 Å². The molecule has 0 saturated carbocycles. The zero-order valence-corrected chi connectivity index (χ0v) is 16.4. The van der Waals surface area contributed by atoms with Gasteiger partial charge >= 0.3 is 0 Å². The van der Waals surface area contributed by atoms with Gasteiger partial charge in [-0.15, -0.1) is 0 Å². The molecule has 7 heteroatoms. The van der Waals surface area contributed by atoms with Gasteiger partial charge in [-0.2, -0.15) is 9.40 Å². The second kappa shape index (κ2) is 8.19. The highest BCUT2D eigenvalue weighted by atomic mass is 32.2. The first-order valence-electron chi connectivity index (χ1n) is 9.16. The maximum atomic E-state index is 13.1. The molecule has 0 aliphatic rings. The molecule has 0 bridgehead atoms. The number of halogens is 1. The van der Waals surface area contributed by atoms with Crippen molar-refractivity contribution in [2.24, 2.45) is 0 Å². The van der Waals surface area contributed by atoms with Crippen LogP contribution in [-0.4, -0.2) is 35.6 Å². The minimum atomic E-state index is -3.52. The fourth-order valence-corrected chi connectivity index (χ4v) is 4.77. The number of hydrogen-bond donors (Lipinski definition) is 0. The molecule has 0 unspecified atom stereocenters. The molecule has 2 aromatic carbocycles. The Morgan fingerprint density at radius 3 is 2.33 bits per heavy atom. The third-order valence-corrected chi connectivity index (χ3v) is 6.34. The smallest absolute Gasteiger partial charge is 0.243 e. The number of nitrogens with zero attached hydrogens (tertiary/aromatic N) is 3. The van der Waals surface area contributed by atoms with Crippen LogP contribution in [0.25, 0.3) is 10.9 Å². The number of aromatic nitrogens is 2. The highest BCUT2D eigenvalue weighted by Crippen LogP contribution is 2.23. The predicted molar refractivity (Wildman–Crippen MR) is 105 cm³/mol. The van der Waals surface area contributed by atoms with Crippen LogP contribution in [-0.2, 0) is 16.6 Å². The van der Waals surface area contributed by atoms with Crippen LogP contribution in [0.5, 0.6) is 0 Å². The van der Waals surface area contributed by atoms with E-state index in [2.05, 4.69) is 5.10 Å². The van der Waals surface area contributed by atoms with E-state index >= 15 is 0 Å². The van der Waals surface area contributed by atoms with E-state index < -0.39 is 10.0 Å². The summed E-state index contributed by atoms with van der Waals surface area (Å²) in [4.78, 5) is 0.290. The molecule has 3 aromatic rings. The zero-order valence-electron chi connectivity index (χ0n) is 15.6. The minimum absolute atomic E-state index is 0.275. The summed E-state index contributed by atoms with van der Waals surface area (Å²) < 4.78 is 42.3. The lowest BCUT2D eigenvalue weighted by Crippen LogP contribution is -2.32. The van der Waals surface area contributed by atoms with E-state index in [0.717, 1.165) is 29.3 Å². The van der Waals surface area contributed by atoms with Gasteiger partial charge in [0.15, 0.2) is 0 Å². The third-order valence-electron chi connectivity index (χ3n) is 4.44. The Balaban J connectivity index is 1.91. The number of benzene rings is 2. The summed E-state index contributed by atoms with van der Waals surface area (Å²) in [5.74, 6) is -0.275. The second-order valence-electron chi connectivity index (χ2n) is 6.55. The van der Waals surface area contributed by atoms with Crippen molar-refractivity contribution < 1.29 is 12.8 Å². The van der Waals surface area contributed by atoms with E-state index in [1.807, 2.05) is 13.8 Å². The SMILES string of the molecule is CCCN(CCC)S(=O)(=O)c1ccc2c(cnn2Cc2ccc(F)cc2)c1. The average molecular weight is 389 g/mol. The molecule has 0 amide bonds. The number of rotatable bonds is 8. The first-order chi connectivity index (χ1) is 13.0. The second-order valence-corrected chi connectivity index (χ2v) is 8.49. The van der Waals surface area contributed by atoms with Gasteiger partial charge in [-0.25, -0.2) is 12.8 Å². The Labute approximate surface area is 159 Å². The summed E-state index contributed by atoms with van der Waals surface area (Å²) in [5.41, 5.74) is 1.77. The van der Waals surface area contributed by atoms with E-state index in [9.17, 15) is 12.8 Å². The van der Waals surface area contributed by atoms with E-state index in [1.165, 1.54) is 16.4 Å². The van der Waals surface area contributed by atoms with Crippen molar-refractivity contribution in [1.82, 2.24) is 14.1 Å². The molecule has 3 rings (SSSR count). The van der Waals surface area contributed by atoms with Crippen molar-refractivity contribution in [1.29, 1.82) is 0 Å². The molecule has 0 aliphatic heterocycles. The number of sulfonamides is 1. The van der Waals surface area contributed by atoms with Crippen molar-refractivity contribution in [3.8, 4) is 0 Å². The van der Waals surface area contributed by atoms with Gasteiger partial charge in [0.2, 0.25) is 10.0 Å². The fourth-order valence-electron chi connectivity index (χ4n) is 3.11. The number of hydrogen-bond acceptors (Lipinski definition) is 3. The predicted octanol–water partition coefficient (Wildman–Crippen LogP) is 4.03. The van der Waals surface area contributed by atoms with Crippen molar-refractivity contribution in [3.05, 3.63) is 60.0 Å². The van der Waals surface area contributed by atoms with E-state index in [1.54, 1.807) is 41.2 Å². The van der Waals surface area contributed by atoms with Gasteiger partial charge in [0.05, 0.1) is 23.2 Å². The zero-order chi connectivity index (χ0) is 19.4. The minimum Gasteiger partial charge on any atom is -0.260 e. The molecule has 144 valence electrons. The van der Waals surface area contributed by atoms with Gasteiger partial charge in [0.25, 0.3) is 0 Å². The quantitative estimate of drug-likeness (QED) is 0.584. The van der Waals surface area contributed by atoms with Crippen LogP contribution in [0.2, 0.25) is 0 Å². The Kier molecular flexibility index (Phi) is 5.92. The Bertz CT molecular complexity index is 1010. The van der Waals surface area contributed by atoms with Crippen LogP contribution < -0.4 is 0 Å². The maximum Gasteiger partial charge on any atom is 0.243 e. The van der Waals surface area contributed by atoms with Gasteiger partial charge in [0, 0.05) is 18.5 Å². The lowest BCUT2D eigenvalue weighted by molar-refractivity contribution is 0.410. The van der Waals surface area contributed by atoms with Gasteiger partial charge in [0.1, 0.15) is 5.82 Å². The van der Waals surface area contributed by atoms with Crippen molar-refractivity contribution in [2.45, 2.75) is 38.1 Å². The monoisotopic (exact) mass is 389 g/mol. The van der Waals surface area contributed by atoms with Crippen LogP contribution >= 0.6 is 0 Å². The topological polar surface area (TPSA) is 55.2 Å². The molecule has 5 nitrogen and oxygen atoms in total. The molecule has 27 heavy (non-hydrogen) atoms. The summed E-state index contributed by atoms with van der Waals surface area (Å²) in [5, 5.41) is 5.14. The summed E-state index contributed by atoms with van der Waals surface area (Å²) in [6.45, 7) is 5.46. The molecule has 0 radical (unpaired) electrons. The lowest BCUT2D eigenvalue weighted by atomic mass is 10.2. The van der Waals surface area contributed by atoms with Gasteiger partial charge in [-0.05, 0) is 48.7 Å². The van der Waals surface area contributed by atoms with Gasteiger partial charge < -0.3 is 0 Å². The number of fused-ring (bicyclic) bond motifs is 1. The molecule has 0 fully saturated rings. The standard InChI is InChI=1S/C20H24FN3O2S/c1-3-11-23(12-4-2)27(25,26)19-9-10-20-17(13-19)14-22-24(20)15-16-5-7-18(21)8-6-16/h5-10,13-14H,3-4,11-12,15H2,1-2H3. The highest BCUT2D eigenvalue weighted by molar-refractivity contribution is 7.89. The molecule has 0 spiro atoms. The molecule has 1 heterocycles. The van der Waals surface area contributed by atoms with Crippen LogP contribution in [0.4, 0.5) is 4.39 Å². The largest absolute Gasteiger partial charge is 0.260 e. The van der Waals surface area contributed by atoms with E-state index in [0.29, 0.717) is 24.5 Å². The fraction of sp³-hybridized carbons (Fsp3) is 0.350. The van der Waals surface area contributed by atoms with Crippen LogP contribution in [0.3, 0.4) is 0 Å². The maximum absolute atomic E-state index is 13.1. The highest BCUT2D eigenvalue weighted by Gasteiger charge is 2.23. The van der Waals surface area contributed by atoms with Crippen LogP contribution in [0.1, 0.15) is 32.3 Å². The molecule has 0 aliphatic carbocycles. The molecule has 0 atom stereocenters. The average Bonchev–Trinajstić information content (AvgIpc) is 3.05. The molecular weight excluding hydrogens is 365 g/mol. The molecule has 0 saturated heterocycles. The molecule has 0 N–H and O–H groups in total. The summed E-state index contributed by atoms with van der Waals surface area (Å²) in [6, 6.07) is 11.4. The first-order valence-corrected chi connectivity index (χ1v) is 10.6. The van der Waals surface area contributed by atoms with Gasteiger partial charge in [-0.3, -0.25) is 4.68 Å². The Hall–Kier alpha value is -2.25. The summed E-state index contributed by atoms with van der Waals surface area (Å²) in [7, 11) is -3.52. The van der Waals surface area contributed by atoms with E-state index in [-0.39, 0.29) is 5.82 Å². The summed E-state index contributed by atoms with van der Waals surface area (Å²) >= 11 is 0. The lowest BCUT2D eigenvalue weighted by Gasteiger charge is -2.21. The van der Waals surface area contributed by atoms with E-state index in [4.69, 9.17) is 0 Å². The van der Waals surface area contributed by atoms with Gasteiger partial charge in [-0.1, -0.05) is 26.0 Å². The van der Waals surface area contributed by atoms with Crippen molar-refractivity contribution in [2.75, 3.05) is 13.1 Å². The molecule has 1 aromatic heterocycles. The van der Waals surface area contributed by atoms with Crippen molar-refractivity contribution >= 4 is 20.9 Å². The normalized spacial score (nSPS) is 12.1. The summed E-state index contributed by atoms with van der Waals surface area (Å²) in [6.07, 6.45) is 3.22.